The molecule has 2 heteroatoms. The lowest BCUT2D eigenvalue weighted by Crippen LogP contribution is -2.22. The highest BCUT2D eigenvalue weighted by Crippen LogP contribution is 2.39. The molecular weight excluding hydrogens is 168 g/mol. The molecule has 12 heavy (non-hydrogen) atoms. The van der Waals surface area contributed by atoms with Gasteiger partial charge < -0.3 is 4.79 Å². The summed E-state index contributed by atoms with van der Waals surface area (Å²) in [6.07, 6.45) is 5.15. The van der Waals surface area contributed by atoms with Gasteiger partial charge in [0, 0.05) is 6.42 Å². The number of rotatable bonds is 3. The first-order chi connectivity index (χ1) is 5.83. The highest BCUT2D eigenvalue weighted by molar-refractivity contribution is 8.01. The van der Waals surface area contributed by atoms with Gasteiger partial charge in [0.25, 0.3) is 0 Å². The lowest BCUT2D eigenvalue weighted by molar-refractivity contribution is -0.110. The van der Waals surface area contributed by atoms with Crippen LogP contribution >= 0.6 is 11.8 Å². The van der Waals surface area contributed by atoms with Gasteiger partial charge in [-0.25, -0.2) is 0 Å². The lowest BCUT2D eigenvalue weighted by Gasteiger charge is -2.18. The van der Waals surface area contributed by atoms with Gasteiger partial charge in [-0.05, 0) is 31.9 Å². The van der Waals surface area contributed by atoms with E-state index in [4.69, 9.17) is 0 Å². The molecule has 0 N–H and O–H groups in total. The molecule has 0 bridgehead atoms. The fourth-order valence-corrected chi connectivity index (χ4v) is 2.77. The van der Waals surface area contributed by atoms with E-state index in [1.807, 2.05) is 6.92 Å². The van der Waals surface area contributed by atoms with Gasteiger partial charge in [-0.15, -0.1) is 23.6 Å². The maximum atomic E-state index is 10.9. The van der Waals surface area contributed by atoms with Crippen molar-refractivity contribution in [3.05, 3.63) is 0 Å². The molecule has 1 rings (SSSR count). The molecule has 0 aromatic carbocycles. The van der Waals surface area contributed by atoms with Crippen molar-refractivity contribution in [1.82, 2.24) is 0 Å². The Morgan fingerprint density at radius 3 is 3.00 bits per heavy atom. The average molecular weight is 182 g/mol. The molecule has 1 aliphatic rings. The van der Waals surface area contributed by atoms with Crippen LogP contribution in [0.2, 0.25) is 0 Å². The minimum Gasteiger partial charge on any atom is -0.302 e. The van der Waals surface area contributed by atoms with Crippen molar-refractivity contribution in [2.24, 2.45) is 0 Å². The standard InChI is InChI=1S/C10H14OS/c1-2-3-4-6-10(9-11)7-5-8-12-10/h9H,4-8H2,1H3. The summed E-state index contributed by atoms with van der Waals surface area (Å²) in [5.41, 5.74) is 0. The van der Waals surface area contributed by atoms with E-state index in [9.17, 15) is 4.79 Å². The topological polar surface area (TPSA) is 17.1 Å². The molecule has 66 valence electrons. The second-order valence-corrected chi connectivity index (χ2v) is 4.57. The highest BCUT2D eigenvalue weighted by atomic mass is 32.2. The van der Waals surface area contributed by atoms with Crippen molar-refractivity contribution in [3.8, 4) is 11.8 Å². The Morgan fingerprint density at radius 1 is 1.67 bits per heavy atom. The molecule has 1 heterocycles. The SMILES string of the molecule is CC#CCCC1(C=O)CCCS1. The molecule has 0 aromatic heterocycles. The van der Waals surface area contributed by atoms with Gasteiger partial charge in [-0.2, -0.15) is 0 Å². The maximum absolute atomic E-state index is 10.9. The van der Waals surface area contributed by atoms with E-state index < -0.39 is 0 Å². The van der Waals surface area contributed by atoms with Crippen LogP contribution in [0.15, 0.2) is 0 Å². The maximum Gasteiger partial charge on any atom is 0.136 e. The van der Waals surface area contributed by atoms with E-state index in [1.54, 1.807) is 11.8 Å². The predicted octanol–water partition coefficient (Wildman–Crippen LogP) is 2.25. The van der Waals surface area contributed by atoms with Gasteiger partial charge in [-0.1, -0.05) is 0 Å². The Balaban J connectivity index is 2.42. The summed E-state index contributed by atoms with van der Waals surface area (Å²) < 4.78 is -0.0795. The zero-order valence-electron chi connectivity index (χ0n) is 7.43. The van der Waals surface area contributed by atoms with Crippen LogP contribution in [0.25, 0.3) is 0 Å². The number of hydrogen-bond donors (Lipinski definition) is 0. The highest BCUT2D eigenvalue weighted by Gasteiger charge is 2.33. The van der Waals surface area contributed by atoms with Crippen LogP contribution in [-0.2, 0) is 4.79 Å². The zero-order valence-corrected chi connectivity index (χ0v) is 8.25. The van der Waals surface area contributed by atoms with Crippen molar-refractivity contribution >= 4 is 18.0 Å². The van der Waals surface area contributed by atoms with Gasteiger partial charge in [0.05, 0.1) is 4.75 Å². The number of carbonyl (C=O) groups excluding carboxylic acids is 1. The zero-order chi connectivity index (χ0) is 8.86. The van der Waals surface area contributed by atoms with E-state index in [0.29, 0.717) is 0 Å². The third kappa shape index (κ3) is 2.28. The van der Waals surface area contributed by atoms with E-state index >= 15 is 0 Å². The molecule has 0 radical (unpaired) electrons. The van der Waals surface area contributed by atoms with Gasteiger partial charge in [-0.3, -0.25) is 0 Å². The molecule has 1 aliphatic heterocycles. The van der Waals surface area contributed by atoms with Crippen molar-refractivity contribution in [1.29, 1.82) is 0 Å². The lowest BCUT2D eigenvalue weighted by atomic mass is 9.99. The first kappa shape index (κ1) is 9.67. The largest absolute Gasteiger partial charge is 0.302 e. The Morgan fingerprint density at radius 2 is 2.50 bits per heavy atom. The Hall–Kier alpha value is -0.420. The first-order valence-corrected chi connectivity index (χ1v) is 5.31. The molecule has 1 fully saturated rings. The Labute approximate surface area is 78.3 Å². The van der Waals surface area contributed by atoms with Crippen LogP contribution < -0.4 is 0 Å². The Kier molecular flexibility index (Phi) is 3.68. The van der Waals surface area contributed by atoms with E-state index in [0.717, 1.165) is 31.3 Å². The molecule has 0 aliphatic carbocycles. The minimum atomic E-state index is -0.0795. The van der Waals surface area contributed by atoms with Crippen LogP contribution in [-0.4, -0.2) is 16.8 Å². The van der Waals surface area contributed by atoms with Gasteiger partial charge in [0.2, 0.25) is 0 Å². The number of thioether (sulfide) groups is 1. The molecule has 1 nitrogen and oxygen atoms in total. The Bertz CT molecular complexity index is 206. The molecule has 0 spiro atoms. The summed E-state index contributed by atoms with van der Waals surface area (Å²) in [6, 6.07) is 0. The second kappa shape index (κ2) is 4.57. The molecule has 1 saturated heterocycles. The molecule has 0 aromatic rings. The average Bonchev–Trinajstić information content (AvgIpc) is 2.55. The third-order valence-electron chi connectivity index (χ3n) is 2.20. The quantitative estimate of drug-likeness (QED) is 0.492. The second-order valence-electron chi connectivity index (χ2n) is 3.06. The van der Waals surface area contributed by atoms with Crippen LogP contribution in [0.3, 0.4) is 0 Å². The summed E-state index contributed by atoms with van der Waals surface area (Å²) in [7, 11) is 0. The number of aldehydes is 1. The first-order valence-electron chi connectivity index (χ1n) is 4.33. The monoisotopic (exact) mass is 182 g/mol. The predicted molar refractivity (Wildman–Crippen MR) is 53.2 cm³/mol. The van der Waals surface area contributed by atoms with Crippen LogP contribution in [0.5, 0.6) is 0 Å². The van der Waals surface area contributed by atoms with Crippen molar-refractivity contribution < 1.29 is 4.79 Å². The van der Waals surface area contributed by atoms with E-state index in [1.165, 1.54) is 6.42 Å². The molecule has 1 atom stereocenters. The van der Waals surface area contributed by atoms with E-state index in [-0.39, 0.29) is 4.75 Å². The van der Waals surface area contributed by atoms with Crippen molar-refractivity contribution in [2.75, 3.05) is 5.75 Å². The number of carbonyl (C=O) groups is 1. The van der Waals surface area contributed by atoms with Gasteiger partial charge in [0.15, 0.2) is 0 Å². The summed E-state index contributed by atoms with van der Waals surface area (Å²) >= 11 is 1.80. The molecule has 0 saturated carbocycles. The minimum absolute atomic E-state index is 0.0795. The van der Waals surface area contributed by atoms with Crippen LogP contribution in [0.4, 0.5) is 0 Å². The van der Waals surface area contributed by atoms with Gasteiger partial charge in [0.1, 0.15) is 6.29 Å². The van der Waals surface area contributed by atoms with Gasteiger partial charge >= 0.3 is 0 Å². The van der Waals surface area contributed by atoms with Crippen molar-refractivity contribution in [2.45, 2.75) is 37.4 Å². The molecule has 0 amide bonds. The fraction of sp³-hybridized carbons (Fsp3) is 0.700. The summed E-state index contributed by atoms with van der Waals surface area (Å²) in [4.78, 5) is 10.9. The fourth-order valence-electron chi connectivity index (χ4n) is 1.47. The van der Waals surface area contributed by atoms with Crippen LogP contribution in [0.1, 0.15) is 32.6 Å². The summed E-state index contributed by atoms with van der Waals surface area (Å²) in [5.74, 6) is 7.01. The smallest absolute Gasteiger partial charge is 0.136 e. The molecular formula is C10H14OS. The normalized spacial score (nSPS) is 27.8. The summed E-state index contributed by atoms with van der Waals surface area (Å²) in [5, 5.41) is 0. The third-order valence-corrected chi connectivity index (χ3v) is 3.77. The van der Waals surface area contributed by atoms with Crippen molar-refractivity contribution in [3.63, 3.8) is 0 Å². The molecule has 1 unspecified atom stereocenters. The van der Waals surface area contributed by atoms with Crippen LogP contribution in [0, 0.1) is 11.8 Å². The summed E-state index contributed by atoms with van der Waals surface area (Å²) in [6.45, 7) is 1.84. The van der Waals surface area contributed by atoms with E-state index in [2.05, 4.69) is 11.8 Å². The number of hydrogen-bond acceptors (Lipinski definition) is 2.